The summed E-state index contributed by atoms with van der Waals surface area (Å²) < 4.78 is 25.6. The third kappa shape index (κ3) is 4.40. The molecule has 98 valence electrons. The van der Waals surface area contributed by atoms with Crippen molar-refractivity contribution in [3.63, 3.8) is 0 Å². The van der Waals surface area contributed by atoms with Crippen LogP contribution in [0.2, 0.25) is 0 Å². The van der Waals surface area contributed by atoms with Gasteiger partial charge in [-0.2, -0.15) is 0 Å². The summed E-state index contributed by atoms with van der Waals surface area (Å²) in [6.45, 7) is 3.19. The van der Waals surface area contributed by atoms with Crippen molar-refractivity contribution < 1.29 is 13.2 Å². The van der Waals surface area contributed by atoms with E-state index in [0.717, 1.165) is 11.3 Å². The topological polar surface area (TPSA) is 101 Å². The van der Waals surface area contributed by atoms with Gasteiger partial charge in [0, 0.05) is 19.9 Å². The van der Waals surface area contributed by atoms with Crippen LogP contribution in [-0.4, -0.2) is 31.1 Å². The summed E-state index contributed by atoms with van der Waals surface area (Å²) in [7, 11) is -3.68. The van der Waals surface area contributed by atoms with Gasteiger partial charge < -0.3 is 5.32 Å². The molecule has 0 aliphatic carbocycles. The van der Waals surface area contributed by atoms with Gasteiger partial charge in [-0.25, -0.2) is 13.1 Å². The van der Waals surface area contributed by atoms with Gasteiger partial charge in [0.1, 0.15) is 0 Å². The molecule has 1 aromatic heterocycles. The fraction of sp³-hybridized carbons (Fsp3) is 0.444. The molecule has 0 aromatic carbocycles. The Kier molecular flexibility index (Phi) is 5.21. The van der Waals surface area contributed by atoms with Gasteiger partial charge in [-0.05, 0) is 6.92 Å². The van der Waals surface area contributed by atoms with Crippen molar-refractivity contribution in [2.45, 2.75) is 24.6 Å². The minimum absolute atomic E-state index is 0.149. The quantitative estimate of drug-likeness (QED) is 0.457. The Labute approximate surface area is 109 Å². The van der Waals surface area contributed by atoms with Crippen LogP contribution in [-0.2, 0) is 14.8 Å². The largest absolute Gasteiger partial charge is 0.301 e. The number of rotatable bonds is 5. The van der Waals surface area contributed by atoms with E-state index in [2.05, 4.69) is 32.1 Å². The number of carbonyl (C=O) groups excluding carboxylic acids is 1. The molecule has 0 aliphatic heterocycles. The number of nitrogens with one attached hydrogen (secondary N) is 2. The molecule has 1 amide bonds. The maximum absolute atomic E-state index is 11.7. The Morgan fingerprint density at radius 3 is 2.78 bits per heavy atom. The Hall–Kier alpha value is -1.50. The molecule has 18 heavy (non-hydrogen) atoms. The normalized spacial score (nSPS) is 10.6. The molecule has 0 bridgehead atoms. The molecule has 0 unspecified atom stereocenters. The predicted octanol–water partition coefficient (Wildman–Crippen LogP) is 0.188. The van der Waals surface area contributed by atoms with Crippen LogP contribution in [0.3, 0.4) is 0 Å². The smallest absolute Gasteiger partial charge is 0.269 e. The third-order valence-corrected chi connectivity index (χ3v) is 4.31. The molecule has 0 aliphatic rings. The van der Waals surface area contributed by atoms with Crippen LogP contribution in [0.1, 0.15) is 20.3 Å². The van der Waals surface area contributed by atoms with Gasteiger partial charge in [-0.1, -0.05) is 11.3 Å². The minimum atomic E-state index is -3.68. The van der Waals surface area contributed by atoms with Crippen molar-refractivity contribution in [3.05, 3.63) is 0 Å². The second kappa shape index (κ2) is 6.44. The Morgan fingerprint density at radius 1 is 1.44 bits per heavy atom. The number of nitrogens with zero attached hydrogens (tertiary/aromatic N) is 2. The van der Waals surface area contributed by atoms with Crippen molar-refractivity contribution in [1.29, 1.82) is 0 Å². The molecule has 0 saturated heterocycles. The number of hydrogen-bond donors (Lipinski definition) is 2. The van der Waals surface area contributed by atoms with Gasteiger partial charge in [0.25, 0.3) is 10.0 Å². The average Bonchev–Trinajstić information content (AvgIpc) is 2.73. The number of anilines is 1. The van der Waals surface area contributed by atoms with Crippen molar-refractivity contribution in [3.8, 4) is 11.8 Å². The zero-order valence-corrected chi connectivity index (χ0v) is 11.5. The molecule has 0 spiro atoms. The van der Waals surface area contributed by atoms with Crippen LogP contribution in [0.15, 0.2) is 4.34 Å². The number of hydrogen-bond acceptors (Lipinski definition) is 6. The first-order valence-electron chi connectivity index (χ1n) is 4.96. The van der Waals surface area contributed by atoms with Crippen LogP contribution < -0.4 is 10.0 Å². The molecule has 0 radical (unpaired) electrons. The molecule has 0 atom stereocenters. The van der Waals surface area contributed by atoms with E-state index < -0.39 is 10.0 Å². The summed E-state index contributed by atoms with van der Waals surface area (Å²) in [5.74, 6) is 5.07. The molecule has 1 rings (SSSR count). The molecule has 0 saturated carbocycles. The number of aromatic nitrogens is 2. The lowest BCUT2D eigenvalue weighted by Crippen LogP contribution is -2.24. The van der Waals surface area contributed by atoms with E-state index >= 15 is 0 Å². The van der Waals surface area contributed by atoms with Crippen molar-refractivity contribution in [2.24, 2.45) is 0 Å². The SMILES string of the molecule is CC#CCCNS(=O)(=O)c1nnc(NC(C)=O)s1. The van der Waals surface area contributed by atoms with Crippen molar-refractivity contribution in [1.82, 2.24) is 14.9 Å². The third-order valence-electron chi connectivity index (χ3n) is 1.64. The van der Waals surface area contributed by atoms with Crippen LogP contribution >= 0.6 is 11.3 Å². The van der Waals surface area contributed by atoms with E-state index in [0.29, 0.717) is 6.42 Å². The first kappa shape index (κ1) is 14.6. The highest BCUT2D eigenvalue weighted by molar-refractivity contribution is 7.91. The zero-order valence-electron chi connectivity index (χ0n) is 9.85. The molecule has 2 N–H and O–H groups in total. The Bertz CT molecular complexity index is 582. The fourth-order valence-electron chi connectivity index (χ4n) is 0.954. The molecule has 1 heterocycles. The summed E-state index contributed by atoms with van der Waals surface area (Å²) in [6.07, 6.45) is 0.424. The Morgan fingerprint density at radius 2 is 2.17 bits per heavy atom. The van der Waals surface area contributed by atoms with Crippen molar-refractivity contribution >= 4 is 32.4 Å². The lowest BCUT2D eigenvalue weighted by Gasteiger charge is -1.99. The maximum atomic E-state index is 11.7. The minimum Gasteiger partial charge on any atom is -0.301 e. The number of sulfonamides is 1. The average molecular weight is 288 g/mol. The van der Waals surface area contributed by atoms with E-state index in [4.69, 9.17) is 0 Å². The van der Waals surface area contributed by atoms with Gasteiger partial charge in [0.05, 0.1) is 0 Å². The standard InChI is InChI=1S/C9H12N4O3S2/c1-3-4-5-6-10-18(15,16)9-13-12-8(17-9)11-7(2)14/h10H,5-6H2,1-2H3,(H,11,12,14). The zero-order chi connectivity index (χ0) is 13.6. The first-order chi connectivity index (χ1) is 8.45. The monoisotopic (exact) mass is 288 g/mol. The van der Waals surface area contributed by atoms with Crippen LogP contribution in [0, 0.1) is 11.8 Å². The number of amides is 1. The Balaban J connectivity index is 2.69. The van der Waals surface area contributed by atoms with E-state index in [1.54, 1.807) is 6.92 Å². The van der Waals surface area contributed by atoms with Crippen LogP contribution in [0.4, 0.5) is 5.13 Å². The van der Waals surface area contributed by atoms with E-state index in [-0.39, 0.29) is 21.9 Å². The first-order valence-corrected chi connectivity index (χ1v) is 7.26. The molecule has 1 aromatic rings. The van der Waals surface area contributed by atoms with E-state index in [1.165, 1.54) is 6.92 Å². The molecule has 0 fully saturated rings. The molecule has 7 nitrogen and oxygen atoms in total. The van der Waals surface area contributed by atoms with Gasteiger partial charge in [-0.15, -0.1) is 22.0 Å². The number of carbonyl (C=O) groups is 1. The molecular weight excluding hydrogens is 276 g/mol. The van der Waals surface area contributed by atoms with E-state index in [1.807, 2.05) is 0 Å². The lowest BCUT2D eigenvalue weighted by atomic mass is 10.4. The summed E-state index contributed by atoms with van der Waals surface area (Å²) in [4.78, 5) is 10.8. The van der Waals surface area contributed by atoms with Crippen molar-refractivity contribution in [2.75, 3.05) is 11.9 Å². The predicted molar refractivity (Wildman–Crippen MR) is 67.5 cm³/mol. The van der Waals surface area contributed by atoms with E-state index in [9.17, 15) is 13.2 Å². The summed E-state index contributed by atoms with van der Waals surface area (Å²) in [5, 5.41) is 9.58. The van der Waals surface area contributed by atoms with Crippen LogP contribution in [0.5, 0.6) is 0 Å². The van der Waals surface area contributed by atoms with Gasteiger partial charge in [0.15, 0.2) is 0 Å². The van der Waals surface area contributed by atoms with Gasteiger partial charge >= 0.3 is 0 Å². The van der Waals surface area contributed by atoms with Crippen LogP contribution in [0.25, 0.3) is 0 Å². The highest BCUT2D eigenvalue weighted by atomic mass is 32.2. The summed E-state index contributed by atoms with van der Waals surface area (Å²) >= 11 is 0.791. The lowest BCUT2D eigenvalue weighted by molar-refractivity contribution is -0.114. The second-order valence-electron chi connectivity index (χ2n) is 3.13. The highest BCUT2D eigenvalue weighted by Gasteiger charge is 2.19. The highest BCUT2D eigenvalue weighted by Crippen LogP contribution is 2.19. The summed E-state index contributed by atoms with van der Waals surface area (Å²) in [5.41, 5.74) is 0. The fourth-order valence-corrected chi connectivity index (χ4v) is 2.97. The molecule has 9 heteroatoms. The summed E-state index contributed by atoms with van der Waals surface area (Å²) in [6, 6.07) is 0. The maximum Gasteiger partial charge on any atom is 0.269 e. The van der Waals surface area contributed by atoms with Gasteiger partial charge in [0.2, 0.25) is 15.4 Å². The van der Waals surface area contributed by atoms with Gasteiger partial charge in [-0.3, -0.25) is 4.79 Å². The second-order valence-corrected chi connectivity index (χ2v) is 6.05. The molecular formula is C9H12N4O3S2.